The van der Waals surface area contributed by atoms with Crippen LogP contribution in [0, 0.1) is 5.82 Å². The highest BCUT2D eigenvalue weighted by molar-refractivity contribution is 8.87. The third-order valence-electron chi connectivity index (χ3n) is 8.79. The van der Waals surface area contributed by atoms with Gasteiger partial charge in [-0.05, 0) is 54.1 Å². The molecule has 0 saturated carbocycles. The number of ether oxygens (including phenoxy) is 4. The number of aromatic amines is 1. The third kappa shape index (κ3) is 99.5. The van der Waals surface area contributed by atoms with Gasteiger partial charge in [-0.1, -0.05) is 35.3 Å². The van der Waals surface area contributed by atoms with Gasteiger partial charge in [0.1, 0.15) is 5.82 Å². The van der Waals surface area contributed by atoms with Crippen molar-refractivity contribution in [3.05, 3.63) is 93.5 Å². The first-order valence-electron chi connectivity index (χ1n) is 28.5. The molecule has 0 spiro atoms. The van der Waals surface area contributed by atoms with Crippen LogP contribution in [0.1, 0.15) is 26.5 Å². The molecule has 820 valence electrons. The van der Waals surface area contributed by atoms with E-state index >= 15 is 0 Å². The smallest absolute Gasteiger partial charge is 0.358 e. The van der Waals surface area contributed by atoms with Gasteiger partial charge in [0.15, 0.2) is 22.9 Å². The summed E-state index contributed by atoms with van der Waals surface area (Å²) in [6.45, 7) is 0.367. The number of H-pyrrole nitrogens is 1. The summed E-state index contributed by atoms with van der Waals surface area (Å²) < 4.78 is 35.1. The molecule has 0 aliphatic rings. The molecule has 2 heterocycles. The molecule has 113 heteroatoms. The summed E-state index contributed by atoms with van der Waals surface area (Å²) in [7, 11) is 181. The van der Waals surface area contributed by atoms with Crippen LogP contribution in [0.3, 0.4) is 0 Å². The van der Waals surface area contributed by atoms with Crippen molar-refractivity contribution in [3.63, 3.8) is 0 Å². The van der Waals surface area contributed by atoms with E-state index in [2.05, 4.69) is 9.72 Å². The predicted octanol–water partition coefficient (Wildman–Crippen LogP) is 6.65. The molecule has 0 unspecified atom stereocenters. The van der Waals surface area contributed by atoms with Crippen molar-refractivity contribution >= 4 is 972 Å². The molecule has 2 aromatic heterocycles. The molecule has 0 amide bonds. The number of fused-ring (bicyclic) bond motifs is 2. The van der Waals surface area contributed by atoms with Gasteiger partial charge in [0.05, 0.1) is 34.0 Å². The second-order valence-corrected chi connectivity index (χ2v) is 189. The van der Waals surface area contributed by atoms with E-state index in [1.165, 1.54) is 76.1 Å². The lowest BCUT2D eigenvalue weighted by Crippen LogP contribution is -2.12. The summed E-state index contributed by atoms with van der Waals surface area (Å²) in [6.07, 6.45) is 0. The Balaban J connectivity index is 0.000000700. The number of carbonyl (C=O) groups is 2. The summed E-state index contributed by atoms with van der Waals surface area (Å²) >= 11 is 31.2. The van der Waals surface area contributed by atoms with E-state index in [9.17, 15) is 14.0 Å². The molecule has 0 aliphatic heterocycles. The normalized spacial score (nSPS) is 8.58. The number of methoxy groups -OCH3 is 4. The fraction of sp³-hybridized carbons (Fsp3) is 0.172. The fourth-order valence-corrected chi connectivity index (χ4v) is 264. The van der Waals surface area contributed by atoms with E-state index in [0.717, 1.165) is 22.0 Å². The number of benzene rings is 3. The van der Waals surface area contributed by atoms with Crippen molar-refractivity contribution in [3.8, 4) is 11.5 Å². The molecule has 0 aliphatic carbocycles. The molecule has 0 radical (unpaired) electrons. The highest BCUT2D eigenvalue weighted by Crippen LogP contribution is 2.36. The zero-order valence-electron chi connectivity index (χ0n) is 63.7. The van der Waals surface area contributed by atoms with E-state index in [4.69, 9.17) is 82.2 Å². The molecule has 0 bridgehead atoms. The van der Waals surface area contributed by atoms with Crippen LogP contribution in [0.5, 0.6) is 11.5 Å². The van der Waals surface area contributed by atoms with Gasteiger partial charge in [-0.15, -0.1) is 0 Å². The Bertz CT molecular complexity index is 10200. The number of nitrogens with one attached hydrogen (secondary N) is 1. The minimum atomic E-state index is -0.513. The lowest BCUT2D eigenvalue weighted by molar-refractivity contribution is 0.0579. The van der Waals surface area contributed by atoms with Crippen LogP contribution >= 0.6 is 23.2 Å². The monoisotopic (exact) mass is 3850 g/mol. The highest BCUT2D eigenvalue weighted by Gasteiger charge is 2.25. The van der Waals surface area contributed by atoms with E-state index in [1.54, 1.807) is 260 Å². The summed E-state index contributed by atoms with van der Waals surface area (Å²) in [6, 6.07) is 16.7. The lowest BCUT2D eigenvalue weighted by Gasteiger charge is -2.10. The van der Waals surface area contributed by atoms with Crippen LogP contribution in [-0.2, 0) is 931 Å². The Hall–Kier alpha value is 18.2. The average molecular weight is 3860 g/mol. The number of hydrogen-bond acceptors (Lipinski definition) is 10. The second kappa shape index (κ2) is 127. The summed E-state index contributed by atoms with van der Waals surface area (Å²) in [4.78, 5) is 26.7. The van der Waals surface area contributed by atoms with Gasteiger partial charge in [-0.3, -0.25) is 0 Å². The minimum Gasteiger partial charge on any atom is -0.494 e. The zero-order valence-corrected chi connectivity index (χ0v) is 148. The molecular formula is C29H25Cl2FN2O6S102. The van der Waals surface area contributed by atoms with Crippen molar-refractivity contribution in [2.24, 2.45) is 0 Å². The number of esters is 2. The molecule has 0 fully saturated rings. The lowest BCUT2D eigenvalue weighted by atomic mass is 10.2. The van der Waals surface area contributed by atoms with E-state index in [1.807, 2.05) is 628 Å². The van der Waals surface area contributed by atoms with Crippen molar-refractivity contribution in [2.45, 2.75) is 6.54 Å². The van der Waals surface area contributed by atoms with Gasteiger partial charge >= 0.3 is 11.9 Å². The van der Waals surface area contributed by atoms with Crippen LogP contribution in [-0.4, -0.2) is 49.9 Å². The van der Waals surface area contributed by atoms with E-state index < -0.39 is 11.9 Å². The maximum atomic E-state index is 13.1. The molecule has 5 aromatic rings. The molecule has 3 aromatic carbocycles. The topological polar surface area (TPSA) is 91.8 Å². The Kier molecular flexibility index (Phi) is 140. The van der Waals surface area contributed by atoms with E-state index in [0.29, 0.717) is 44.9 Å². The number of hydrogen-bond donors (Lipinski definition) is 1. The fourth-order valence-electron chi connectivity index (χ4n) is 5.40. The molecule has 0 saturated heterocycles. The molecule has 0 atom stereocenters. The minimum absolute atomic E-state index is 0.293. The molecule has 142 heavy (non-hydrogen) atoms. The van der Waals surface area contributed by atoms with Crippen LogP contribution in [0.4, 0.5) is 4.39 Å². The van der Waals surface area contributed by atoms with Gasteiger partial charge in [-0.2, -0.15) is 0 Å². The molecule has 1 N–H and O–H groups in total. The van der Waals surface area contributed by atoms with Crippen molar-refractivity contribution < 1.29 is 32.9 Å². The highest BCUT2D eigenvalue weighted by atomic mass is 35.5. The summed E-state index contributed by atoms with van der Waals surface area (Å²) in [5.41, 5.74) is 2.99. The number of aromatic nitrogens is 2. The molecule has 5 rings (SSSR count). The van der Waals surface area contributed by atoms with Gasteiger partial charge in [0.2, 0.25) is 0 Å². The standard InChI is InChI=1S/C18H15ClFNO3.C11H10ClNO3.S57.S45/c1-23-17-14-9-12(19)5-8-15(14)21(16(17)18(22)24-2)10-11-3-6-13(20)7-4-11;1-15-10-7-5-6(12)3-4-8(7)13-9(10)11(14)16-2;1-3-5-7-9-11-13-15-17-19-21-23-25-27-29-31-33-35-37-39-41-43-45-47-49-51-53-55-57-56-54-52-50-48-46-44-42-40-38-36-34-32-30-28-26-24-22-20-18-16-14-12-10-8-6-4-2;1-3-5-7-9-11-13-15-17-19-21-23-25-27-29-31-33-35-37-39-41-43-45-44-42-40-38-36-34-32-30-28-26-24-22-20-18-16-14-12-10-8-6-4-2/h3-9H,10H2,1-2H3;3-5,13H,1-2H3;;. The van der Waals surface area contributed by atoms with Crippen LogP contribution in [0.25, 0.3) is 21.8 Å². The van der Waals surface area contributed by atoms with Gasteiger partial charge in [-0.25, -0.2) is 14.0 Å². The van der Waals surface area contributed by atoms with Crippen molar-refractivity contribution in [1.82, 2.24) is 9.55 Å². The predicted molar refractivity (Wildman–Crippen MR) is 903 cm³/mol. The first-order valence-corrected chi connectivity index (χ1v) is 163. The number of rotatable bonds is 6. The third-order valence-corrected chi connectivity index (χ3v) is 223. The van der Waals surface area contributed by atoms with Crippen LogP contribution in [0.15, 0.2) is 60.7 Å². The number of carbonyl (C=O) groups excluding carboxylic acids is 2. The van der Waals surface area contributed by atoms with Gasteiger partial charge in [0.25, 0.3) is 0 Å². The summed E-state index contributed by atoms with van der Waals surface area (Å²) in [5.74, 6) is -0.440. The van der Waals surface area contributed by atoms with Crippen molar-refractivity contribution in [1.29, 1.82) is 0 Å². The average Bonchev–Trinajstić information content (AvgIpc) is 1.61. The Morgan fingerprint density at radius 2 is 0.451 bits per heavy atom. The number of nitrogens with zero attached hydrogens (tertiary/aromatic N) is 1. The zero-order chi connectivity index (χ0) is 102. The van der Waals surface area contributed by atoms with Gasteiger partial charge < -0.3 is 28.5 Å². The Labute approximate surface area is 1120 Å². The SMILES string of the molecule is COC(=O)c1[nH]c2ccc(Cl)cc2c1OC.COC(=O)c1c(OC)c2cc(Cl)ccc2n1Cc1ccc(F)cc1.S=S=S=S=S=S=S=S=S=S=S=S=S=S=S=S=S=S=S=S=S=S=S=S=S=S=S=S=S=S=S=S=S=S=S=S=S=S=S=S=S=S=S=S=S.S=S=S=S=S=S=S=S=S=S=S=S=S=S=S=S=S=S=S=S=S=S=S=S=S=S=S=S=S=S=S=S=S=S=S=S=S=S=S=S=S=S=S=S=S=S=S=S=S=S=S=S=S=S=S=S=S. The Morgan fingerprint density at radius 1 is 0.261 bits per heavy atom. The maximum Gasteiger partial charge on any atom is 0.358 e. The first-order chi connectivity index (χ1) is 70.0. The first kappa shape index (κ1) is 156. The quantitative estimate of drug-likeness (QED) is 0.187. The van der Waals surface area contributed by atoms with Crippen LogP contribution in [0.2, 0.25) is 10.0 Å². The van der Waals surface area contributed by atoms with Gasteiger partial charge in [0, 0.05) is 948 Å². The van der Waals surface area contributed by atoms with Crippen LogP contribution < -0.4 is 9.47 Å². The molecular weight excluding hydrogens is 3830 g/mol. The number of halogens is 3. The molecule has 8 nitrogen and oxygen atoms in total. The van der Waals surface area contributed by atoms with E-state index in [-0.39, 0.29) is 5.82 Å². The second-order valence-electron chi connectivity index (χ2n) is 15.1. The largest absolute Gasteiger partial charge is 0.494 e. The Morgan fingerprint density at radius 3 is 0.641 bits per heavy atom. The summed E-state index contributed by atoms with van der Waals surface area (Å²) in [5, 5.41) is 2.60. The maximum absolute atomic E-state index is 13.1. The van der Waals surface area contributed by atoms with Crippen molar-refractivity contribution in [2.75, 3.05) is 28.4 Å².